The summed E-state index contributed by atoms with van der Waals surface area (Å²) in [5, 5.41) is 10.0. The lowest BCUT2D eigenvalue weighted by atomic mass is 10.0. The number of benzene rings is 1. The number of amides is 1. The van der Waals surface area contributed by atoms with Crippen molar-refractivity contribution in [2.24, 2.45) is 0 Å². The number of aryl methyl sites for hydroxylation is 2. The molecule has 0 unspecified atom stereocenters. The standard InChI is InChI=1S/C16H20N4O2/c1-10-5-3-4-6-12(10)9-14(21)18-13-7-8-22-15(13)16-17-11(2)19-20-16/h3-6,13,15H,7-9H2,1-2H3,(H,18,21)(H,17,19,20)/t13-,15+/m0/s1. The molecule has 1 amide bonds. The molecule has 1 fully saturated rings. The Morgan fingerprint density at radius 3 is 2.95 bits per heavy atom. The molecule has 1 aromatic carbocycles. The Labute approximate surface area is 129 Å². The van der Waals surface area contributed by atoms with Crippen molar-refractivity contribution in [2.45, 2.75) is 38.8 Å². The van der Waals surface area contributed by atoms with E-state index in [1.165, 1.54) is 0 Å². The summed E-state index contributed by atoms with van der Waals surface area (Å²) in [6, 6.07) is 7.85. The zero-order valence-corrected chi connectivity index (χ0v) is 12.8. The normalized spacial score (nSPS) is 21.0. The van der Waals surface area contributed by atoms with E-state index in [4.69, 9.17) is 4.74 Å². The van der Waals surface area contributed by atoms with E-state index < -0.39 is 0 Å². The minimum Gasteiger partial charge on any atom is -0.368 e. The molecule has 1 saturated heterocycles. The summed E-state index contributed by atoms with van der Waals surface area (Å²) >= 11 is 0. The first kappa shape index (κ1) is 14.7. The molecule has 2 heterocycles. The molecule has 2 aromatic rings. The smallest absolute Gasteiger partial charge is 0.224 e. The molecule has 0 radical (unpaired) electrons. The Morgan fingerprint density at radius 2 is 2.23 bits per heavy atom. The van der Waals surface area contributed by atoms with Crippen LogP contribution in [-0.2, 0) is 16.0 Å². The van der Waals surface area contributed by atoms with E-state index in [0.717, 1.165) is 23.4 Å². The molecule has 1 aliphatic heterocycles. The number of ether oxygens (including phenoxy) is 1. The van der Waals surface area contributed by atoms with Gasteiger partial charge in [0.2, 0.25) is 5.91 Å². The van der Waals surface area contributed by atoms with Gasteiger partial charge in [0.1, 0.15) is 11.9 Å². The molecule has 116 valence electrons. The molecule has 2 atom stereocenters. The predicted octanol–water partition coefficient (Wildman–Crippen LogP) is 1.61. The number of nitrogens with zero attached hydrogens (tertiary/aromatic N) is 2. The SMILES string of the molecule is Cc1nc([C@@H]2OCC[C@@H]2NC(=O)Cc2ccccc2C)n[nH]1. The van der Waals surface area contributed by atoms with Crippen molar-refractivity contribution in [1.82, 2.24) is 20.5 Å². The second-order valence-electron chi connectivity index (χ2n) is 5.64. The number of aromatic amines is 1. The van der Waals surface area contributed by atoms with Crippen LogP contribution in [0.3, 0.4) is 0 Å². The molecule has 2 N–H and O–H groups in total. The van der Waals surface area contributed by atoms with Crippen LogP contribution in [-0.4, -0.2) is 33.7 Å². The summed E-state index contributed by atoms with van der Waals surface area (Å²) < 4.78 is 5.68. The van der Waals surface area contributed by atoms with Crippen LogP contribution in [0.2, 0.25) is 0 Å². The van der Waals surface area contributed by atoms with E-state index in [1.54, 1.807) is 0 Å². The molecule has 0 saturated carbocycles. The highest BCUT2D eigenvalue weighted by atomic mass is 16.5. The topological polar surface area (TPSA) is 79.9 Å². The minimum atomic E-state index is -0.272. The first-order valence-electron chi connectivity index (χ1n) is 7.48. The quantitative estimate of drug-likeness (QED) is 0.899. The molecule has 0 aliphatic carbocycles. The predicted molar refractivity (Wildman–Crippen MR) is 81.2 cm³/mol. The lowest BCUT2D eigenvalue weighted by molar-refractivity contribution is -0.121. The fourth-order valence-electron chi connectivity index (χ4n) is 2.72. The van der Waals surface area contributed by atoms with Crippen molar-refractivity contribution in [3.63, 3.8) is 0 Å². The molecule has 0 spiro atoms. The van der Waals surface area contributed by atoms with Gasteiger partial charge in [-0.25, -0.2) is 4.98 Å². The molecule has 1 aliphatic rings. The van der Waals surface area contributed by atoms with Gasteiger partial charge < -0.3 is 10.1 Å². The van der Waals surface area contributed by atoms with Gasteiger partial charge in [-0.15, -0.1) is 0 Å². The second-order valence-corrected chi connectivity index (χ2v) is 5.64. The summed E-state index contributed by atoms with van der Waals surface area (Å²) in [5.41, 5.74) is 2.17. The number of nitrogens with one attached hydrogen (secondary N) is 2. The largest absolute Gasteiger partial charge is 0.368 e. The van der Waals surface area contributed by atoms with Crippen molar-refractivity contribution in [1.29, 1.82) is 0 Å². The Hall–Kier alpha value is -2.21. The Bertz CT molecular complexity index is 668. The molecule has 0 bridgehead atoms. The molecular weight excluding hydrogens is 280 g/mol. The average Bonchev–Trinajstić information content (AvgIpc) is 3.10. The Morgan fingerprint density at radius 1 is 1.41 bits per heavy atom. The van der Waals surface area contributed by atoms with Gasteiger partial charge in [0.05, 0.1) is 12.5 Å². The van der Waals surface area contributed by atoms with Crippen LogP contribution in [0.1, 0.15) is 35.3 Å². The fourth-order valence-corrected chi connectivity index (χ4v) is 2.72. The summed E-state index contributed by atoms with van der Waals surface area (Å²) in [6.07, 6.45) is 0.881. The van der Waals surface area contributed by atoms with Gasteiger partial charge in [0, 0.05) is 6.61 Å². The summed E-state index contributed by atoms with van der Waals surface area (Å²) in [5.74, 6) is 1.36. The van der Waals surface area contributed by atoms with Gasteiger partial charge in [0.15, 0.2) is 5.82 Å². The maximum atomic E-state index is 12.3. The first-order chi connectivity index (χ1) is 10.6. The van der Waals surface area contributed by atoms with Crippen LogP contribution in [0.25, 0.3) is 0 Å². The maximum Gasteiger partial charge on any atom is 0.224 e. The van der Waals surface area contributed by atoms with Crippen molar-refractivity contribution in [2.75, 3.05) is 6.61 Å². The van der Waals surface area contributed by atoms with Crippen LogP contribution >= 0.6 is 0 Å². The maximum absolute atomic E-state index is 12.3. The highest BCUT2D eigenvalue weighted by Gasteiger charge is 2.33. The highest BCUT2D eigenvalue weighted by molar-refractivity contribution is 5.79. The van der Waals surface area contributed by atoms with Gasteiger partial charge in [-0.2, -0.15) is 5.10 Å². The van der Waals surface area contributed by atoms with Crippen LogP contribution < -0.4 is 5.32 Å². The van der Waals surface area contributed by atoms with Gasteiger partial charge >= 0.3 is 0 Å². The van der Waals surface area contributed by atoms with E-state index in [-0.39, 0.29) is 18.1 Å². The van der Waals surface area contributed by atoms with E-state index in [0.29, 0.717) is 18.9 Å². The zero-order valence-electron chi connectivity index (χ0n) is 12.8. The number of carbonyl (C=O) groups excluding carboxylic acids is 1. The molecule has 22 heavy (non-hydrogen) atoms. The van der Waals surface area contributed by atoms with E-state index in [2.05, 4.69) is 20.5 Å². The minimum absolute atomic E-state index is 0.00191. The van der Waals surface area contributed by atoms with Crippen LogP contribution in [0.15, 0.2) is 24.3 Å². The van der Waals surface area contributed by atoms with E-state index >= 15 is 0 Å². The summed E-state index contributed by atoms with van der Waals surface area (Å²) in [4.78, 5) is 16.6. The van der Waals surface area contributed by atoms with E-state index in [1.807, 2.05) is 38.1 Å². The number of H-pyrrole nitrogens is 1. The number of aromatic nitrogens is 3. The molecule has 3 rings (SSSR count). The van der Waals surface area contributed by atoms with Gasteiger partial charge in [-0.1, -0.05) is 24.3 Å². The third kappa shape index (κ3) is 3.17. The third-order valence-corrected chi connectivity index (χ3v) is 3.92. The molecule has 6 heteroatoms. The average molecular weight is 300 g/mol. The van der Waals surface area contributed by atoms with Crippen LogP contribution in [0.5, 0.6) is 0 Å². The zero-order chi connectivity index (χ0) is 15.5. The lowest BCUT2D eigenvalue weighted by Gasteiger charge is -2.17. The van der Waals surface area contributed by atoms with Crippen LogP contribution in [0.4, 0.5) is 0 Å². The van der Waals surface area contributed by atoms with Gasteiger partial charge in [0.25, 0.3) is 0 Å². The number of rotatable bonds is 4. The molecular formula is C16H20N4O2. The van der Waals surface area contributed by atoms with Crippen molar-refractivity contribution in [3.8, 4) is 0 Å². The Balaban J connectivity index is 1.64. The third-order valence-electron chi connectivity index (χ3n) is 3.92. The summed E-state index contributed by atoms with van der Waals surface area (Å²) in [7, 11) is 0. The molecule has 6 nitrogen and oxygen atoms in total. The summed E-state index contributed by atoms with van der Waals surface area (Å²) in [6.45, 7) is 4.46. The number of hydrogen-bond acceptors (Lipinski definition) is 4. The number of hydrogen-bond donors (Lipinski definition) is 2. The van der Waals surface area contributed by atoms with Crippen molar-refractivity contribution >= 4 is 5.91 Å². The fraction of sp³-hybridized carbons (Fsp3) is 0.438. The highest BCUT2D eigenvalue weighted by Crippen LogP contribution is 2.26. The lowest BCUT2D eigenvalue weighted by Crippen LogP contribution is -2.38. The van der Waals surface area contributed by atoms with Crippen molar-refractivity contribution < 1.29 is 9.53 Å². The van der Waals surface area contributed by atoms with Gasteiger partial charge in [-0.05, 0) is 31.4 Å². The molecule has 1 aromatic heterocycles. The van der Waals surface area contributed by atoms with Crippen LogP contribution in [0, 0.1) is 13.8 Å². The Kier molecular flexibility index (Phi) is 4.20. The first-order valence-corrected chi connectivity index (χ1v) is 7.48. The van der Waals surface area contributed by atoms with E-state index in [9.17, 15) is 4.79 Å². The monoisotopic (exact) mass is 300 g/mol. The number of carbonyl (C=O) groups is 1. The van der Waals surface area contributed by atoms with Gasteiger partial charge in [-0.3, -0.25) is 9.89 Å². The second kappa shape index (κ2) is 6.27. The van der Waals surface area contributed by atoms with Crippen molar-refractivity contribution in [3.05, 3.63) is 47.0 Å².